The van der Waals surface area contributed by atoms with Crippen molar-refractivity contribution in [3.8, 4) is 0 Å². The zero-order valence-corrected chi connectivity index (χ0v) is 52.3. The standard InChI is InChI=1S/C30H34.C29H32.C28H30/c1-3-8-23(9-4-1)14-15-24-16-18-25(19-17-24)22-27-20-21-29(26-10-5-2-6-11-26)30-13-7-12-28(27)30;1-2-9-25(10-3-1)28-20-19-26(27-11-6-12-29(27)28)21-24-17-15-23(16-18-24)14-13-22-7-4-5-8-22;1-2-8-24(9-3-1)27-19-18-25(26-10-5-11-28(26)27)20-23-16-14-22(15-17-23)13-12-21-6-4-7-21/h5,7,10-13,16-21,23,30H,1-4,6,8-9,14-15,22H2;2,6,9-12,15-20,22,29H,1,3-5,7-8,13-14,21H2;2,5,8-11,14-19,21,28H,1,3-4,6-7,12-13,20H2. The number of rotatable bonds is 18. The first kappa shape index (κ1) is 59.0. The van der Waals surface area contributed by atoms with Gasteiger partial charge in [-0.2, -0.15) is 0 Å². The van der Waals surface area contributed by atoms with E-state index >= 15 is 0 Å². The van der Waals surface area contributed by atoms with E-state index in [0.29, 0.717) is 17.8 Å². The van der Waals surface area contributed by atoms with E-state index in [1.807, 2.05) is 0 Å². The average Bonchev–Trinajstić information content (AvgIpc) is 2.55. The quantitative estimate of drug-likeness (QED) is 0.119. The lowest BCUT2D eigenvalue weighted by molar-refractivity contribution is 0.296. The largest absolute Gasteiger partial charge is 0.0836 e. The van der Waals surface area contributed by atoms with Crippen molar-refractivity contribution in [3.05, 3.63) is 319 Å². The molecule has 0 spiro atoms. The van der Waals surface area contributed by atoms with Crippen molar-refractivity contribution in [2.24, 2.45) is 35.5 Å². The van der Waals surface area contributed by atoms with Gasteiger partial charge in [-0.3, -0.25) is 0 Å². The van der Waals surface area contributed by atoms with Crippen molar-refractivity contribution in [3.63, 3.8) is 0 Å². The van der Waals surface area contributed by atoms with Crippen LogP contribution in [0.5, 0.6) is 0 Å². The third-order valence-corrected chi connectivity index (χ3v) is 21.4. The molecular formula is C87H96. The van der Waals surface area contributed by atoms with Gasteiger partial charge in [-0.25, -0.2) is 0 Å². The molecule has 0 aliphatic heterocycles. The van der Waals surface area contributed by atoms with E-state index in [1.165, 1.54) is 254 Å². The highest BCUT2D eigenvalue weighted by atomic mass is 14.3. The summed E-state index contributed by atoms with van der Waals surface area (Å²) in [6.45, 7) is 0. The van der Waals surface area contributed by atoms with Gasteiger partial charge in [-0.15, -0.1) is 0 Å². The summed E-state index contributed by atoms with van der Waals surface area (Å²) in [6.07, 6.45) is 91.5. The molecule has 0 N–H and O–H groups in total. The minimum absolute atomic E-state index is 0.439. The lowest BCUT2D eigenvalue weighted by Gasteiger charge is -2.26. The average molecular weight is 1140 g/mol. The van der Waals surface area contributed by atoms with Crippen LogP contribution in [0.2, 0.25) is 0 Å². The molecule has 3 aromatic rings. The van der Waals surface area contributed by atoms with Crippen molar-refractivity contribution < 1.29 is 0 Å². The summed E-state index contributed by atoms with van der Waals surface area (Å²) in [4.78, 5) is 0. The Balaban J connectivity index is 0.000000121. The summed E-state index contributed by atoms with van der Waals surface area (Å²) in [5.41, 5.74) is 26.4. The lowest BCUT2D eigenvalue weighted by atomic mass is 9.78. The summed E-state index contributed by atoms with van der Waals surface area (Å²) >= 11 is 0. The van der Waals surface area contributed by atoms with Crippen LogP contribution in [0.25, 0.3) is 0 Å². The zero-order valence-electron chi connectivity index (χ0n) is 52.3. The van der Waals surface area contributed by atoms with Gasteiger partial charge in [0.25, 0.3) is 0 Å². The SMILES string of the molecule is C1=CC2C(C3=CCCC=C3)=CC=C(Cc3ccc(CCC4CCC4)cc3)C2=C1.C1=CC2C(C3=CCCC=C3)=CC=C(Cc3ccc(CCC4CCCC4)cc3)C2=C1.C1=CC2C(C3=CCCC=C3)=CC=C(Cc3ccc(CCC4CCCCC4)cc3)C2=C1. The maximum absolute atomic E-state index is 2.40. The van der Waals surface area contributed by atoms with Crippen LogP contribution in [0.1, 0.15) is 168 Å². The van der Waals surface area contributed by atoms with Gasteiger partial charge in [0.2, 0.25) is 0 Å². The predicted octanol–water partition coefficient (Wildman–Crippen LogP) is 22.8. The van der Waals surface area contributed by atoms with Crippen LogP contribution in [-0.4, -0.2) is 0 Å². The van der Waals surface area contributed by atoms with Gasteiger partial charge < -0.3 is 0 Å². The Morgan fingerprint density at radius 3 is 0.862 bits per heavy atom. The van der Waals surface area contributed by atoms with Crippen molar-refractivity contribution in [1.82, 2.24) is 0 Å². The Morgan fingerprint density at radius 2 is 0.575 bits per heavy atom. The van der Waals surface area contributed by atoms with Crippen LogP contribution in [-0.2, 0) is 38.5 Å². The molecular weight excluding hydrogens is 1040 g/mol. The third-order valence-electron chi connectivity index (χ3n) is 21.4. The molecule has 0 heterocycles. The molecule has 3 fully saturated rings. The molecule has 0 amide bonds. The van der Waals surface area contributed by atoms with Crippen molar-refractivity contribution in [2.45, 2.75) is 173 Å². The van der Waals surface area contributed by atoms with Gasteiger partial charge in [-0.1, -0.05) is 296 Å². The zero-order chi connectivity index (χ0) is 58.4. The molecule has 0 heteroatoms. The maximum atomic E-state index is 2.40. The number of hydrogen-bond acceptors (Lipinski definition) is 0. The molecule has 444 valence electrons. The molecule has 0 bridgehead atoms. The van der Waals surface area contributed by atoms with Gasteiger partial charge in [-0.05, 0) is 214 Å². The topological polar surface area (TPSA) is 0 Å². The Hall–Kier alpha value is -7.02. The third kappa shape index (κ3) is 15.1. The number of aryl methyl sites for hydroxylation is 3. The predicted molar refractivity (Wildman–Crippen MR) is 371 cm³/mol. The first-order valence-electron chi connectivity index (χ1n) is 34.8. The molecule has 0 nitrogen and oxygen atoms in total. The van der Waals surface area contributed by atoms with Gasteiger partial charge in [0.05, 0.1) is 0 Å². The minimum atomic E-state index is 0.439. The number of allylic oxidation sites excluding steroid dienone is 36. The molecule has 3 atom stereocenters. The summed E-state index contributed by atoms with van der Waals surface area (Å²) < 4.78 is 0. The molecule has 87 heavy (non-hydrogen) atoms. The Labute approximate surface area is 524 Å². The molecule has 0 radical (unpaired) electrons. The highest BCUT2D eigenvalue weighted by Gasteiger charge is 2.30. The van der Waals surface area contributed by atoms with Crippen molar-refractivity contribution >= 4 is 0 Å². The molecule has 12 aliphatic rings. The highest BCUT2D eigenvalue weighted by molar-refractivity contribution is 5.63. The van der Waals surface area contributed by atoms with E-state index in [1.54, 1.807) is 0 Å². The minimum Gasteiger partial charge on any atom is -0.0836 e. The van der Waals surface area contributed by atoms with Crippen LogP contribution >= 0.6 is 0 Å². The van der Waals surface area contributed by atoms with Gasteiger partial charge in [0, 0.05) is 17.8 Å². The van der Waals surface area contributed by atoms with Crippen LogP contribution in [0.4, 0.5) is 0 Å². The first-order chi connectivity index (χ1) is 43.1. The van der Waals surface area contributed by atoms with Gasteiger partial charge >= 0.3 is 0 Å². The molecule has 12 aliphatic carbocycles. The molecule has 3 unspecified atom stereocenters. The fraction of sp³-hybridized carbons (Fsp3) is 0.379. The number of benzene rings is 3. The number of fused-ring (bicyclic) bond motifs is 3. The molecule has 3 saturated carbocycles. The first-order valence-corrected chi connectivity index (χ1v) is 34.8. The highest BCUT2D eigenvalue weighted by Crippen LogP contribution is 2.44. The Kier molecular flexibility index (Phi) is 19.9. The van der Waals surface area contributed by atoms with E-state index in [2.05, 4.69) is 219 Å². The van der Waals surface area contributed by atoms with Crippen molar-refractivity contribution in [2.75, 3.05) is 0 Å². The van der Waals surface area contributed by atoms with E-state index in [4.69, 9.17) is 0 Å². The summed E-state index contributed by atoms with van der Waals surface area (Å²) in [7, 11) is 0. The molecule has 3 aromatic carbocycles. The summed E-state index contributed by atoms with van der Waals surface area (Å²) in [5, 5.41) is 0. The van der Waals surface area contributed by atoms with E-state index in [-0.39, 0.29) is 0 Å². The monoisotopic (exact) mass is 1140 g/mol. The van der Waals surface area contributed by atoms with Crippen LogP contribution in [0, 0.1) is 35.5 Å². The van der Waals surface area contributed by atoms with E-state index < -0.39 is 0 Å². The smallest absolute Gasteiger partial charge is 0.0281 e. The van der Waals surface area contributed by atoms with Crippen LogP contribution in [0.3, 0.4) is 0 Å². The lowest BCUT2D eigenvalue weighted by Crippen LogP contribution is -2.12. The molecule has 15 rings (SSSR count). The second kappa shape index (κ2) is 29.3. The van der Waals surface area contributed by atoms with E-state index in [0.717, 1.165) is 37.0 Å². The van der Waals surface area contributed by atoms with Crippen molar-refractivity contribution in [1.29, 1.82) is 0 Å². The van der Waals surface area contributed by atoms with Gasteiger partial charge in [0.1, 0.15) is 0 Å². The van der Waals surface area contributed by atoms with Crippen LogP contribution < -0.4 is 0 Å². The Morgan fingerprint density at radius 1 is 0.276 bits per heavy atom. The maximum Gasteiger partial charge on any atom is 0.0281 e. The Bertz CT molecular complexity index is 3510. The normalized spacial score (nSPS) is 23.5. The second-order valence-electron chi connectivity index (χ2n) is 27.4. The second-order valence-corrected chi connectivity index (χ2v) is 27.4. The summed E-state index contributed by atoms with van der Waals surface area (Å²) in [5.74, 6) is 4.27. The molecule has 0 aromatic heterocycles. The van der Waals surface area contributed by atoms with Crippen LogP contribution in [0.15, 0.2) is 285 Å². The number of hydrogen-bond donors (Lipinski definition) is 0. The fourth-order valence-corrected chi connectivity index (χ4v) is 15.9. The fourth-order valence-electron chi connectivity index (χ4n) is 15.9. The molecule has 0 saturated heterocycles. The summed E-state index contributed by atoms with van der Waals surface area (Å²) in [6, 6.07) is 28.3. The van der Waals surface area contributed by atoms with Gasteiger partial charge in [0.15, 0.2) is 0 Å². The van der Waals surface area contributed by atoms with E-state index in [9.17, 15) is 0 Å².